The summed E-state index contributed by atoms with van der Waals surface area (Å²) in [5.41, 5.74) is 1.22. The molecule has 1 rings (SSSR count). The van der Waals surface area contributed by atoms with Gasteiger partial charge in [0.2, 0.25) is 5.88 Å². The lowest BCUT2D eigenvalue weighted by atomic mass is 10.1. The molecule has 0 aromatic carbocycles. The van der Waals surface area contributed by atoms with E-state index in [0.717, 1.165) is 17.6 Å². The largest absolute Gasteiger partial charge is 0.480 e. The molecule has 0 saturated carbocycles. The van der Waals surface area contributed by atoms with Crippen molar-refractivity contribution in [3.05, 3.63) is 10.9 Å². The number of alkyl halides is 1. The normalized spacial score (nSPS) is 12.9. The smallest absolute Gasteiger partial charge is 0.228 e. The van der Waals surface area contributed by atoms with Gasteiger partial charge < -0.3 is 4.74 Å². The molecule has 1 heterocycles. The summed E-state index contributed by atoms with van der Waals surface area (Å²) in [6, 6.07) is 0. The molecule has 0 amide bonds. The Morgan fingerprint density at radius 1 is 1.75 bits per heavy atom. The van der Waals surface area contributed by atoms with Gasteiger partial charge in [-0.25, -0.2) is 0 Å². The molecule has 0 spiro atoms. The quantitative estimate of drug-likeness (QED) is 0.766. The molecule has 0 N–H and O–H groups in total. The maximum atomic E-state index is 5.11. The Labute approximate surface area is 85.2 Å². The lowest BCUT2D eigenvalue weighted by molar-refractivity contribution is 0.395. The molecule has 1 aromatic rings. The molecule has 4 heteroatoms. The Morgan fingerprint density at radius 3 is 3.08 bits per heavy atom. The molecule has 0 saturated heterocycles. The number of hydrogen-bond donors (Lipinski definition) is 0. The van der Waals surface area contributed by atoms with E-state index >= 15 is 0 Å². The SMILES string of the molecule is COc1nscc1CC(C)CBr. The van der Waals surface area contributed by atoms with Gasteiger partial charge in [0.1, 0.15) is 0 Å². The minimum Gasteiger partial charge on any atom is -0.480 e. The minimum atomic E-state index is 0.635. The first kappa shape index (κ1) is 9.99. The molecular weight excluding hydrogens is 238 g/mol. The molecule has 0 fully saturated rings. The lowest BCUT2D eigenvalue weighted by Gasteiger charge is -2.05. The summed E-state index contributed by atoms with van der Waals surface area (Å²) >= 11 is 4.90. The number of halogens is 1. The van der Waals surface area contributed by atoms with E-state index in [2.05, 4.69) is 32.6 Å². The van der Waals surface area contributed by atoms with Gasteiger partial charge in [-0.05, 0) is 23.9 Å². The highest BCUT2D eigenvalue weighted by Crippen LogP contribution is 2.22. The van der Waals surface area contributed by atoms with Crippen LogP contribution in [-0.4, -0.2) is 16.8 Å². The average Bonchev–Trinajstić information content (AvgIpc) is 2.51. The molecule has 1 atom stereocenters. The predicted molar refractivity (Wildman–Crippen MR) is 55.3 cm³/mol. The summed E-state index contributed by atoms with van der Waals surface area (Å²) in [5.74, 6) is 1.42. The first-order valence-electron chi connectivity index (χ1n) is 3.81. The first-order valence-corrected chi connectivity index (χ1v) is 5.77. The van der Waals surface area contributed by atoms with Crippen molar-refractivity contribution < 1.29 is 4.74 Å². The Kier molecular flexibility index (Phi) is 4.01. The monoisotopic (exact) mass is 249 g/mol. The number of methoxy groups -OCH3 is 1. The van der Waals surface area contributed by atoms with E-state index in [1.54, 1.807) is 7.11 Å². The molecule has 0 aliphatic carbocycles. The van der Waals surface area contributed by atoms with Crippen molar-refractivity contribution in [3.63, 3.8) is 0 Å². The molecule has 1 unspecified atom stereocenters. The van der Waals surface area contributed by atoms with E-state index in [-0.39, 0.29) is 0 Å². The molecule has 68 valence electrons. The van der Waals surface area contributed by atoms with Crippen LogP contribution in [0, 0.1) is 5.92 Å². The van der Waals surface area contributed by atoms with Crippen LogP contribution in [0.15, 0.2) is 5.38 Å². The van der Waals surface area contributed by atoms with Gasteiger partial charge in [0.25, 0.3) is 0 Å². The Bertz CT molecular complexity index is 239. The topological polar surface area (TPSA) is 22.1 Å². The van der Waals surface area contributed by atoms with Crippen molar-refractivity contribution in [3.8, 4) is 5.88 Å². The number of ether oxygens (including phenoxy) is 1. The summed E-state index contributed by atoms with van der Waals surface area (Å²) in [6.45, 7) is 2.20. The molecule has 0 radical (unpaired) electrons. The summed E-state index contributed by atoms with van der Waals surface area (Å²) < 4.78 is 9.24. The van der Waals surface area contributed by atoms with Crippen molar-refractivity contribution in [1.82, 2.24) is 4.37 Å². The van der Waals surface area contributed by atoms with Crippen molar-refractivity contribution in [2.45, 2.75) is 13.3 Å². The molecular formula is C8H12BrNOS. The number of aromatic nitrogens is 1. The van der Waals surface area contributed by atoms with Crippen LogP contribution in [0.5, 0.6) is 5.88 Å². The third-order valence-electron chi connectivity index (χ3n) is 1.63. The van der Waals surface area contributed by atoms with Crippen LogP contribution in [0.25, 0.3) is 0 Å². The van der Waals surface area contributed by atoms with E-state index in [1.165, 1.54) is 17.1 Å². The van der Waals surface area contributed by atoms with Gasteiger partial charge in [0, 0.05) is 16.3 Å². The van der Waals surface area contributed by atoms with Crippen molar-refractivity contribution >= 4 is 27.5 Å². The van der Waals surface area contributed by atoms with Gasteiger partial charge in [-0.15, -0.1) is 0 Å². The Morgan fingerprint density at radius 2 is 2.50 bits per heavy atom. The molecule has 0 aliphatic rings. The van der Waals surface area contributed by atoms with Gasteiger partial charge in [-0.2, -0.15) is 4.37 Å². The number of rotatable bonds is 4. The maximum Gasteiger partial charge on any atom is 0.228 e. The fourth-order valence-corrected chi connectivity index (χ4v) is 1.87. The summed E-state index contributed by atoms with van der Waals surface area (Å²) in [5, 5.41) is 3.07. The first-order chi connectivity index (χ1) is 5.77. The third kappa shape index (κ3) is 2.45. The van der Waals surface area contributed by atoms with Crippen molar-refractivity contribution in [2.24, 2.45) is 5.92 Å². The van der Waals surface area contributed by atoms with Crippen LogP contribution in [0.4, 0.5) is 0 Å². The number of nitrogens with zero attached hydrogens (tertiary/aromatic N) is 1. The highest BCUT2D eigenvalue weighted by Gasteiger charge is 2.09. The molecule has 12 heavy (non-hydrogen) atoms. The highest BCUT2D eigenvalue weighted by molar-refractivity contribution is 9.09. The van der Waals surface area contributed by atoms with Gasteiger partial charge in [0.05, 0.1) is 7.11 Å². The molecule has 0 aliphatic heterocycles. The van der Waals surface area contributed by atoms with Crippen molar-refractivity contribution in [2.75, 3.05) is 12.4 Å². The zero-order chi connectivity index (χ0) is 8.97. The van der Waals surface area contributed by atoms with Crippen LogP contribution in [0.1, 0.15) is 12.5 Å². The summed E-state index contributed by atoms with van der Waals surface area (Å²) in [6.07, 6.45) is 1.03. The van der Waals surface area contributed by atoms with Crippen molar-refractivity contribution in [1.29, 1.82) is 0 Å². The summed E-state index contributed by atoms with van der Waals surface area (Å²) in [4.78, 5) is 0. The van der Waals surface area contributed by atoms with Crippen LogP contribution in [0.2, 0.25) is 0 Å². The van der Waals surface area contributed by atoms with Gasteiger partial charge in [-0.1, -0.05) is 22.9 Å². The lowest BCUT2D eigenvalue weighted by Crippen LogP contribution is -2.01. The Balaban J connectivity index is 2.61. The zero-order valence-corrected chi connectivity index (χ0v) is 9.61. The van der Waals surface area contributed by atoms with Crippen LogP contribution in [-0.2, 0) is 6.42 Å². The van der Waals surface area contributed by atoms with Crippen LogP contribution >= 0.6 is 27.5 Å². The fourth-order valence-electron chi connectivity index (χ4n) is 0.981. The van der Waals surface area contributed by atoms with E-state index in [1.807, 2.05) is 0 Å². The second-order valence-electron chi connectivity index (χ2n) is 2.81. The van der Waals surface area contributed by atoms with Crippen LogP contribution < -0.4 is 4.74 Å². The average molecular weight is 250 g/mol. The second-order valence-corrected chi connectivity index (χ2v) is 4.09. The predicted octanol–water partition coefficient (Wildman–Crippen LogP) is 2.73. The van der Waals surface area contributed by atoms with Gasteiger partial charge >= 0.3 is 0 Å². The fraction of sp³-hybridized carbons (Fsp3) is 0.625. The van der Waals surface area contributed by atoms with E-state index in [4.69, 9.17) is 4.74 Å². The maximum absolute atomic E-state index is 5.11. The minimum absolute atomic E-state index is 0.635. The molecule has 1 aromatic heterocycles. The Hall–Kier alpha value is -0.0900. The summed E-state index contributed by atoms with van der Waals surface area (Å²) in [7, 11) is 1.66. The van der Waals surface area contributed by atoms with Gasteiger partial charge in [0.15, 0.2) is 0 Å². The van der Waals surface area contributed by atoms with E-state index in [0.29, 0.717) is 5.92 Å². The van der Waals surface area contributed by atoms with E-state index < -0.39 is 0 Å². The van der Waals surface area contributed by atoms with Gasteiger partial charge in [-0.3, -0.25) is 0 Å². The zero-order valence-electron chi connectivity index (χ0n) is 7.21. The standard InChI is InChI=1S/C8H12BrNOS/c1-6(4-9)3-7-5-12-10-8(7)11-2/h5-6H,3-4H2,1-2H3. The van der Waals surface area contributed by atoms with Crippen LogP contribution in [0.3, 0.4) is 0 Å². The third-order valence-corrected chi connectivity index (χ3v) is 3.40. The molecule has 0 bridgehead atoms. The number of hydrogen-bond acceptors (Lipinski definition) is 3. The highest BCUT2D eigenvalue weighted by atomic mass is 79.9. The van der Waals surface area contributed by atoms with E-state index in [9.17, 15) is 0 Å². The second kappa shape index (κ2) is 4.82. The molecule has 2 nitrogen and oxygen atoms in total.